The Morgan fingerprint density at radius 2 is 1.91 bits per heavy atom. The molecule has 0 spiro atoms. The summed E-state index contributed by atoms with van der Waals surface area (Å²) in [6.45, 7) is 2.05. The Hall–Kier alpha value is -1.80. The van der Waals surface area contributed by atoms with Gasteiger partial charge in [-0.2, -0.15) is 0 Å². The van der Waals surface area contributed by atoms with Gasteiger partial charge in [0.15, 0.2) is 14.7 Å². The molecule has 1 fully saturated rings. The number of aromatic nitrogens is 1. The molecular formula is C24H24Cl2N2O3S2. The number of sulfone groups is 1. The van der Waals surface area contributed by atoms with Crippen LogP contribution in [0.4, 0.5) is 0 Å². The van der Waals surface area contributed by atoms with Gasteiger partial charge < -0.3 is 5.32 Å². The minimum absolute atomic E-state index is 0.0443. The van der Waals surface area contributed by atoms with Crippen molar-refractivity contribution in [2.75, 3.05) is 5.75 Å². The molecule has 1 amide bonds. The van der Waals surface area contributed by atoms with E-state index in [1.54, 1.807) is 24.0 Å². The van der Waals surface area contributed by atoms with Gasteiger partial charge in [0.25, 0.3) is 0 Å². The molecule has 0 aliphatic heterocycles. The predicted octanol–water partition coefficient (Wildman–Crippen LogP) is 5.30. The summed E-state index contributed by atoms with van der Waals surface area (Å²) in [6, 6.07) is 13.0. The van der Waals surface area contributed by atoms with Crippen LogP contribution in [0.5, 0.6) is 0 Å². The van der Waals surface area contributed by atoms with Crippen LogP contribution >= 0.6 is 35.0 Å². The van der Waals surface area contributed by atoms with Crippen molar-refractivity contribution in [3.8, 4) is 0 Å². The zero-order valence-electron chi connectivity index (χ0n) is 18.1. The highest BCUT2D eigenvalue weighted by Gasteiger charge is 2.53. The molecule has 1 aromatic heterocycles. The third kappa shape index (κ3) is 5.16. The van der Waals surface area contributed by atoms with Crippen molar-refractivity contribution in [3.63, 3.8) is 0 Å². The van der Waals surface area contributed by atoms with Crippen LogP contribution in [0.3, 0.4) is 0 Å². The molecule has 33 heavy (non-hydrogen) atoms. The normalized spacial score (nSPS) is 21.0. The summed E-state index contributed by atoms with van der Waals surface area (Å²) in [6.07, 6.45) is 4.18. The second-order valence-corrected chi connectivity index (χ2v) is 12.8. The number of amides is 1. The van der Waals surface area contributed by atoms with Gasteiger partial charge in [-0.3, -0.25) is 9.78 Å². The van der Waals surface area contributed by atoms with Gasteiger partial charge in [0.2, 0.25) is 5.91 Å². The Labute approximate surface area is 208 Å². The lowest BCUT2D eigenvalue weighted by molar-refractivity contribution is -0.121. The summed E-state index contributed by atoms with van der Waals surface area (Å²) in [4.78, 5) is 16.7. The van der Waals surface area contributed by atoms with E-state index in [9.17, 15) is 13.2 Å². The second kappa shape index (κ2) is 9.82. The molecule has 2 aromatic rings. The van der Waals surface area contributed by atoms with E-state index in [2.05, 4.69) is 17.2 Å². The van der Waals surface area contributed by atoms with Crippen molar-refractivity contribution in [2.24, 2.45) is 0 Å². The molecule has 1 saturated carbocycles. The number of allylic oxidation sites excluding steroid dienone is 2. The SMILES string of the molecule is CCSc1ccc(CC(=O)NC2(S(=O)(=O)C3CC3)C=C(Cl)C(c3ccccc3)=C(Cl)C2)nc1. The van der Waals surface area contributed by atoms with Crippen molar-refractivity contribution < 1.29 is 13.2 Å². The third-order valence-corrected chi connectivity index (χ3v) is 9.84. The highest BCUT2D eigenvalue weighted by Crippen LogP contribution is 2.47. The van der Waals surface area contributed by atoms with Crippen LogP contribution in [0.1, 0.15) is 37.4 Å². The smallest absolute Gasteiger partial charge is 0.227 e. The maximum Gasteiger partial charge on any atom is 0.227 e. The summed E-state index contributed by atoms with van der Waals surface area (Å²) in [5, 5.41) is 2.77. The first-order chi connectivity index (χ1) is 15.8. The van der Waals surface area contributed by atoms with E-state index in [-0.39, 0.29) is 17.9 Å². The Morgan fingerprint density at radius 3 is 2.48 bits per heavy atom. The number of hydrogen-bond acceptors (Lipinski definition) is 5. The lowest BCUT2D eigenvalue weighted by atomic mass is 9.96. The molecule has 0 radical (unpaired) electrons. The van der Waals surface area contributed by atoms with E-state index in [1.807, 2.05) is 36.4 Å². The van der Waals surface area contributed by atoms with Crippen molar-refractivity contribution in [1.29, 1.82) is 0 Å². The maximum atomic E-state index is 13.5. The molecule has 2 aliphatic carbocycles. The minimum atomic E-state index is -3.76. The van der Waals surface area contributed by atoms with E-state index in [0.717, 1.165) is 16.2 Å². The van der Waals surface area contributed by atoms with Gasteiger partial charge in [0.05, 0.1) is 11.7 Å². The van der Waals surface area contributed by atoms with Gasteiger partial charge >= 0.3 is 0 Å². The summed E-state index contributed by atoms with van der Waals surface area (Å²) in [7, 11) is -3.76. The fraction of sp³-hybridized carbons (Fsp3) is 0.333. The zero-order chi connectivity index (χ0) is 23.6. The average Bonchev–Trinajstić information content (AvgIpc) is 3.61. The van der Waals surface area contributed by atoms with Crippen LogP contribution in [0, 0.1) is 0 Å². The van der Waals surface area contributed by atoms with E-state index in [1.165, 1.54) is 6.08 Å². The van der Waals surface area contributed by atoms with Crippen LogP contribution in [-0.2, 0) is 21.1 Å². The number of pyridine rings is 1. The summed E-state index contributed by atoms with van der Waals surface area (Å²) >= 11 is 14.9. The molecular weight excluding hydrogens is 499 g/mol. The molecule has 1 N–H and O–H groups in total. The van der Waals surface area contributed by atoms with Crippen LogP contribution in [0.25, 0.3) is 5.57 Å². The number of halogens is 2. The predicted molar refractivity (Wildman–Crippen MR) is 135 cm³/mol. The van der Waals surface area contributed by atoms with Gasteiger partial charge in [-0.25, -0.2) is 8.42 Å². The van der Waals surface area contributed by atoms with Crippen molar-refractivity contribution >= 4 is 56.3 Å². The largest absolute Gasteiger partial charge is 0.333 e. The van der Waals surface area contributed by atoms with Gasteiger partial charge in [0.1, 0.15) is 0 Å². The van der Waals surface area contributed by atoms with Gasteiger partial charge in [-0.1, -0.05) is 60.5 Å². The molecule has 5 nitrogen and oxygen atoms in total. The number of carbonyl (C=O) groups is 1. The molecule has 1 unspecified atom stereocenters. The number of rotatable bonds is 8. The third-order valence-electron chi connectivity index (χ3n) is 5.62. The van der Waals surface area contributed by atoms with E-state index in [0.29, 0.717) is 29.1 Å². The number of carbonyl (C=O) groups excluding carboxylic acids is 1. The summed E-state index contributed by atoms with van der Waals surface area (Å²) in [5.74, 6) is 0.478. The van der Waals surface area contributed by atoms with E-state index >= 15 is 0 Å². The van der Waals surface area contributed by atoms with Gasteiger partial charge in [-0.15, -0.1) is 11.8 Å². The molecule has 1 atom stereocenters. The molecule has 9 heteroatoms. The number of nitrogens with one attached hydrogen (secondary N) is 1. The van der Waals surface area contributed by atoms with Crippen LogP contribution in [-0.4, -0.2) is 35.2 Å². The number of thioether (sulfide) groups is 1. The summed E-state index contributed by atoms with van der Waals surface area (Å²) < 4.78 is 27.0. The monoisotopic (exact) mass is 522 g/mol. The Kier molecular flexibility index (Phi) is 7.24. The molecule has 1 heterocycles. The zero-order valence-corrected chi connectivity index (χ0v) is 21.2. The topological polar surface area (TPSA) is 76.1 Å². The van der Waals surface area contributed by atoms with Crippen molar-refractivity contribution in [1.82, 2.24) is 10.3 Å². The number of benzene rings is 1. The first kappa shape index (κ1) is 24.3. The highest BCUT2D eigenvalue weighted by molar-refractivity contribution is 7.99. The van der Waals surface area contributed by atoms with Gasteiger partial charge in [-0.05, 0) is 42.4 Å². The first-order valence-electron chi connectivity index (χ1n) is 10.7. The molecule has 0 bridgehead atoms. The fourth-order valence-corrected chi connectivity index (χ4v) is 7.78. The van der Waals surface area contributed by atoms with Crippen LogP contribution < -0.4 is 5.32 Å². The molecule has 2 aliphatic rings. The van der Waals surface area contributed by atoms with E-state index < -0.39 is 25.9 Å². The lowest BCUT2D eigenvalue weighted by Gasteiger charge is -2.35. The summed E-state index contributed by atoms with van der Waals surface area (Å²) in [5.41, 5.74) is 1.94. The van der Waals surface area contributed by atoms with Crippen molar-refractivity contribution in [3.05, 3.63) is 76.1 Å². The Morgan fingerprint density at radius 1 is 1.18 bits per heavy atom. The minimum Gasteiger partial charge on any atom is -0.333 e. The molecule has 0 saturated heterocycles. The highest BCUT2D eigenvalue weighted by atomic mass is 35.5. The lowest BCUT2D eigenvalue weighted by Crippen LogP contribution is -2.55. The first-order valence-corrected chi connectivity index (χ1v) is 14.0. The number of nitrogens with zero attached hydrogens (tertiary/aromatic N) is 1. The van der Waals surface area contributed by atoms with E-state index in [4.69, 9.17) is 23.2 Å². The molecule has 4 rings (SSSR count). The Bertz CT molecular complexity index is 1210. The standard InChI is InChI=1S/C24H24Cl2N2O3S2/c1-2-32-18-9-8-17(27-15-18)12-22(29)28-24(33(30,31)19-10-11-19)13-20(25)23(21(26)14-24)16-6-4-3-5-7-16/h3-9,13,15,19H,2,10-12,14H2,1H3,(H,28,29). The second-order valence-electron chi connectivity index (χ2n) is 8.09. The van der Waals surface area contributed by atoms with Gasteiger partial charge in [0, 0.05) is 38.8 Å². The van der Waals surface area contributed by atoms with Crippen LogP contribution in [0.2, 0.25) is 0 Å². The molecule has 174 valence electrons. The maximum absolute atomic E-state index is 13.5. The van der Waals surface area contributed by atoms with Crippen LogP contribution in [0.15, 0.2) is 69.7 Å². The van der Waals surface area contributed by atoms with Crippen molar-refractivity contribution in [2.45, 2.75) is 47.6 Å². The number of hydrogen-bond donors (Lipinski definition) is 1. The molecule has 1 aromatic carbocycles. The average molecular weight is 524 g/mol. The fourth-order valence-electron chi connectivity index (χ4n) is 3.90. The quantitative estimate of drug-likeness (QED) is 0.475. The Balaban J connectivity index is 1.63.